The van der Waals surface area contributed by atoms with Crippen LogP contribution in [0.1, 0.15) is 34.8 Å². The Bertz CT molecular complexity index is 1070. The van der Waals surface area contributed by atoms with Gasteiger partial charge in [-0.3, -0.25) is 13.9 Å². The van der Waals surface area contributed by atoms with Crippen molar-refractivity contribution in [2.75, 3.05) is 36.1 Å². The number of nitrogens with one attached hydrogen (secondary N) is 2. The lowest BCUT2D eigenvalue weighted by atomic mass is 10.1. The van der Waals surface area contributed by atoms with Gasteiger partial charge in [-0.2, -0.15) is 0 Å². The maximum Gasteiger partial charge on any atom is 0.253 e. The van der Waals surface area contributed by atoms with Gasteiger partial charge in [0.25, 0.3) is 5.91 Å². The molecule has 2 amide bonds. The average Bonchev–Trinajstić information content (AvgIpc) is 2.73. The quantitative estimate of drug-likeness (QED) is 0.530. The molecule has 0 aromatic heterocycles. The normalized spacial score (nSPS) is 12.2. The van der Waals surface area contributed by atoms with Crippen LogP contribution in [0.5, 0.6) is 0 Å². The van der Waals surface area contributed by atoms with E-state index >= 15 is 0 Å². The molecule has 1 atom stereocenters. The van der Waals surface area contributed by atoms with Crippen LogP contribution in [0, 0.1) is 13.8 Å². The summed E-state index contributed by atoms with van der Waals surface area (Å²) >= 11 is 0. The topological polar surface area (TPSA) is 105 Å². The standard InChI is InChI=1S/C23H31N3O5S/c1-16-11-12-19(15-17(16)2)26(32(5,29)30)18(3)22(27)25-21-10-7-6-9-20(21)23(28)24-13-8-14-31-4/h6-7,9-12,15,18H,8,13-14H2,1-5H3,(H,24,28)(H,25,27)/t18-/m0/s1. The fourth-order valence-corrected chi connectivity index (χ4v) is 4.38. The number of carbonyl (C=O) groups is 2. The van der Waals surface area contributed by atoms with Crippen LogP contribution in [0.25, 0.3) is 0 Å². The molecule has 0 aliphatic carbocycles. The van der Waals surface area contributed by atoms with Crippen LogP contribution < -0.4 is 14.9 Å². The zero-order valence-electron chi connectivity index (χ0n) is 19.1. The molecule has 8 nitrogen and oxygen atoms in total. The minimum Gasteiger partial charge on any atom is -0.385 e. The van der Waals surface area contributed by atoms with Crippen LogP contribution in [0.4, 0.5) is 11.4 Å². The summed E-state index contributed by atoms with van der Waals surface area (Å²) in [5.41, 5.74) is 2.94. The lowest BCUT2D eigenvalue weighted by molar-refractivity contribution is -0.116. The highest BCUT2D eigenvalue weighted by Crippen LogP contribution is 2.25. The Morgan fingerprint density at radius 1 is 1.09 bits per heavy atom. The second kappa shape index (κ2) is 11.1. The number of ether oxygens (including phenoxy) is 1. The largest absolute Gasteiger partial charge is 0.385 e. The van der Waals surface area contributed by atoms with Gasteiger partial charge in [-0.25, -0.2) is 8.42 Å². The van der Waals surface area contributed by atoms with Crippen molar-refractivity contribution in [3.05, 3.63) is 59.2 Å². The van der Waals surface area contributed by atoms with Gasteiger partial charge in [0.1, 0.15) is 6.04 Å². The van der Waals surface area contributed by atoms with E-state index in [1.54, 1.807) is 43.5 Å². The summed E-state index contributed by atoms with van der Waals surface area (Å²) in [5, 5.41) is 5.50. The van der Waals surface area contributed by atoms with Crippen molar-refractivity contribution in [2.45, 2.75) is 33.2 Å². The van der Waals surface area contributed by atoms with Gasteiger partial charge in [0.2, 0.25) is 15.9 Å². The molecule has 0 unspecified atom stereocenters. The number of rotatable bonds is 10. The number of nitrogens with zero attached hydrogens (tertiary/aromatic N) is 1. The van der Waals surface area contributed by atoms with Gasteiger partial charge < -0.3 is 15.4 Å². The third-order valence-corrected chi connectivity index (χ3v) is 6.32. The maximum absolute atomic E-state index is 13.0. The summed E-state index contributed by atoms with van der Waals surface area (Å²) in [4.78, 5) is 25.6. The lowest BCUT2D eigenvalue weighted by Gasteiger charge is -2.29. The maximum atomic E-state index is 13.0. The number of amides is 2. The van der Waals surface area contributed by atoms with Gasteiger partial charge in [0.05, 0.1) is 23.2 Å². The van der Waals surface area contributed by atoms with Crippen LogP contribution in [0.3, 0.4) is 0 Å². The van der Waals surface area contributed by atoms with Crippen molar-refractivity contribution in [1.82, 2.24) is 5.32 Å². The molecular formula is C23H31N3O5S. The predicted molar refractivity (Wildman–Crippen MR) is 127 cm³/mol. The molecule has 0 radical (unpaired) electrons. The summed E-state index contributed by atoms with van der Waals surface area (Å²) in [7, 11) is -2.16. The van der Waals surface area contributed by atoms with E-state index in [0.29, 0.717) is 36.5 Å². The molecule has 2 aromatic carbocycles. The minimum absolute atomic E-state index is 0.294. The molecule has 0 aliphatic heterocycles. The monoisotopic (exact) mass is 461 g/mol. The molecule has 2 aromatic rings. The lowest BCUT2D eigenvalue weighted by Crippen LogP contribution is -2.45. The summed E-state index contributed by atoms with van der Waals surface area (Å²) in [6, 6.07) is 10.8. The summed E-state index contributed by atoms with van der Waals surface area (Å²) in [5.74, 6) is -0.882. The molecule has 0 aliphatic rings. The molecule has 9 heteroatoms. The molecule has 2 rings (SSSR count). The Labute approximate surface area is 190 Å². The number of carbonyl (C=O) groups excluding carboxylic acids is 2. The first-order valence-corrected chi connectivity index (χ1v) is 12.1. The fourth-order valence-electron chi connectivity index (χ4n) is 3.21. The van der Waals surface area contributed by atoms with Gasteiger partial charge in [0, 0.05) is 20.3 Å². The number of methoxy groups -OCH3 is 1. The molecule has 0 saturated carbocycles. The SMILES string of the molecule is COCCCNC(=O)c1ccccc1NC(=O)[C@H](C)N(c1ccc(C)c(C)c1)S(C)(=O)=O. The molecule has 0 spiro atoms. The number of aryl methyl sites for hydroxylation is 2. The van der Waals surface area contributed by atoms with Crippen LogP contribution in [0.2, 0.25) is 0 Å². The third kappa shape index (κ3) is 6.54. The van der Waals surface area contributed by atoms with Crippen LogP contribution in [-0.2, 0) is 19.6 Å². The minimum atomic E-state index is -3.75. The number of sulfonamides is 1. The van der Waals surface area contributed by atoms with Gasteiger partial charge in [0.15, 0.2) is 0 Å². The van der Waals surface area contributed by atoms with E-state index in [-0.39, 0.29) is 5.91 Å². The highest BCUT2D eigenvalue weighted by Gasteiger charge is 2.30. The van der Waals surface area contributed by atoms with Crippen LogP contribution in [-0.4, -0.2) is 52.8 Å². The van der Waals surface area contributed by atoms with E-state index in [2.05, 4.69) is 10.6 Å². The highest BCUT2D eigenvalue weighted by molar-refractivity contribution is 7.92. The van der Waals surface area contributed by atoms with E-state index in [4.69, 9.17) is 4.74 Å². The molecule has 32 heavy (non-hydrogen) atoms. The van der Waals surface area contributed by atoms with Crippen molar-refractivity contribution in [3.63, 3.8) is 0 Å². The van der Waals surface area contributed by atoms with E-state index in [9.17, 15) is 18.0 Å². The van der Waals surface area contributed by atoms with Gasteiger partial charge in [-0.05, 0) is 62.6 Å². The third-order valence-electron chi connectivity index (χ3n) is 5.07. The van der Waals surface area contributed by atoms with Crippen molar-refractivity contribution in [2.24, 2.45) is 0 Å². The van der Waals surface area contributed by atoms with E-state index < -0.39 is 22.0 Å². The number of anilines is 2. The summed E-state index contributed by atoms with van der Waals surface area (Å²) in [6.07, 6.45) is 1.72. The smallest absolute Gasteiger partial charge is 0.253 e. The predicted octanol–water partition coefficient (Wildman–Crippen LogP) is 2.86. The zero-order chi connectivity index (χ0) is 23.9. The first-order chi connectivity index (χ1) is 15.1. The highest BCUT2D eigenvalue weighted by atomic mass is 32.2. The first kappa shape index (κ1) is 25.4. The summed E-state index contributed by atoms with van der Waals surface area (Å²) < 4.78 is 31.1. The van der Waals surface area contributed by atoms with Crippen LogP contribution >= 0.6 is 0 Å². The Morgan fingerprint density at radius 3 is 2.41 bits per heavy atom. The van der Waals surface area contributed by atoms with Gasteiger partial charge >= 0.3 is 0 Å². The average molecular weight is 462 g/mol. The molecule has 0 saturated heterocycles. The fraction of sp³-hybridized carbons (Fsp3) is 0.391. The molecular weight excluding hydrogens is 430 g/mol. The van der Waals surface area contributed by atoms with Gasteiger partial charge in [-0.1, -0.05) is 18.2 Å². The molecule has 2 N–H and O–H groups in total. The van der Waals surface area contributed by atoms with Crippen molar-refractivity contribution < 1.29 is 22.7 Å². The molecule has 174 valence electrons. The molecule has 0 heterocycles. The van der Waals surface area contributed by atoms with E-state index in [1.165, 1.54) is 6.92 Å². The molecule has 0 bridgehead atoms. The Morgan fingerprint density at radius 2 is 1.78 bits per heavy atom. The Balaban J connectivity index is 2.25. The van der Waals surface area contributed by atoms with Crippen molar-refractivity contribution >= 4 is 33.2 Å². The van der Waals surface area contributed by atoms with Crippen molar-refractivity contribution in [1.29, 1.82) is 0 Å². The van der Waals surface area contributed by atoms with E-state index in [1.807, 2.05) is 19.9 Å². The number of para-hydroxylation sites is 1. The zero-order valence-corrected chi connectivity index (χ0v) is 20.0. The molecule has 0 fully saturated rings. The first-order valence-electron chi connectivity index (χ1n) is 10.3. The second-order valence-corrected chi connectivity index (χ2v) is 9.50. The number of hydrogen-bond donors (Lipinski definition) is 2. The van der Waals surface area contributed by atoms with Gasteiger partial charge in [-0.15, -0.1) is 0 Å². The van der Waals surface area contributed by atoms with Crippen molar-refractivity contribution in [3.8, 4) is 0 Å². The van der Waals surface area contributed by atoms with Crippen LogP contribution in [0.15, 0.2) is 42.5 Å². The van der Waals surface area contributed by atoms with E-state index in [0.717, 1.165) is 21.7 Å². The second-order valence-electron chi connectivity index (χ2n) is 7.64. The Kier molecular flexibility index (Phi) is 8.80. The Hall–Kier alpha value is -2.91. The summed E-state index contributed by atoms with van der Waals surface area (Å²) in [6.45, 7) is 6.28. The number of benzene rings is 2. The number of hydrogen-bond acceptors (Lipinski definition) is 5.